The van der Waals surface area contributed by atoms with Gasteiger partial charge in [0.15, 0.2) is 10.7 Å². The van der Waals surface area contributed by atoms with Crippen LogP contribution < -0.4 is 10.9 Å². The third kappa shape index (κ3) is 4.86. The van der Waals surface area contributed by atoms with Crippen molar-refractivity contribution in [2.75, 3.05) is 11.1 Å². The lowest BCUT2D eigenvalue weighted by molar-refractivity contribution is -0.113. The van der Waals surface area contributed by atoms with Gasteiger partial charge in [-0.25, -0.2) is 4.98 Å². The van der Waals surface area contributed by atoms with Gasteiger partial charge in [-0.3, -0.25) is 18.8 Å². The van der Waals surface area contributed by atoms with Crippen LogP contribution in [-0.4, -0.2) is 31.0 Å². The van der Waals surface area contributed by atoms with Crippen molar-refractivity contribution < 1.29 is 4.79 Å². The normalized spacial score (nSPS) is 11.0. The van der Waals surface area contributed by atoms with Crippen LogP contribution in [0.15, 0.2) is 70.7 Å². The standard InChI is InChI=1S/C23H23N5O2S/c1-3-16-10-7-11-18(12-16)24-20(29)15-31-23-25-19-14-27(2)26-21(19)22(30)28(23)13-17-8-5-4-6-9-17/h4-12,14H,3,13,15H2,1-2H3,(H,24,29). The number of amides is 1. The van der Waals surface area contributed by atoms with Gasteiger partial charge >= 0.3 is 0 Å². The molecule has 31 heavy (non-hydrogen) atoms. The van der Waals surface area contributed by atoms with Gasteiger partial charge in [-0.2, -0.15) is 5.10 Å². The van der Waals surface area contributed by atoms with Gasteiger partial charge in [0.05, 0.1) is 18.5 Å². The number of rotatable bonds is 7. The molecule has 0 spiro atoms. The van der Waals surface area contributed by atoms with Crippen molar-refractivity contribution in [3.63, 3.8) is 0 Å². The van der Waals surface area contributed by atoms with E-state index in [1.54, 1.807) is 22.5 Å². The second kappa shape index (κ2) is 9.18. The summed E-state index contributed by atoms with van der Waals surface area (Å²) in [4.78, 5) is 30.3. The van der Waals surface area contributed by atoms with Crippen molar-refractivity contribution in [2.24, 2.45) is 7.05 Å². The van der Waals surface area contributed by atoms with Crippen molar-refractivity contribution in [1.82, 2.24) is 19.3 Å². The zero-order chi connectivity index (χ0) is 21.8. The molecule has 7 nitrogen and oxygen atoms in total. The van der Waals surface area contributed by atoms with Crippen LogP contribution in [0.25, 0.3) is 11.0 Å². The molecule has 2 aromatic heterocycles. The number of nitrogens with zero attached hydrogens (tertiary/aromatic N) is 4. The Morgan fingerprint density at radius 1 is 1.10 bits per heavy atom. The highest BCUT2D eigenvalue weighted by atomic mass is 32.2. The molecule has 0 fully saturated rings. The summed E-state index contributed by atoms with van der Waals surface area (Å²) < 4.78 is 3.16. The number of carbonyl (C=O) groups is 1. The largest absolute Gasteiger partial charge is 0.325 e. The number of aromatic nitrogens is 4. The Labute approximate surface area is 184 Å². The van der Waals surface area contributed by atoms with Crippen molar-refractivity contribution >= 4 is 34.4 Å². The van der Waals surface area contributed by atoms with Crippen LogP contribution in [-0.2, 0) is 24.8 Å². The summed E-state index contributed by atoms with van der Waals surface area (Å²) in [5.41, 5.74) is 3.53. The van der Waals surface area contributed by atoms with Crippen LogP contribution in [0.5, 0.6) is 0 Å². The third-order valence-corrected chi connectivity index (χ3v) is 5.82. The third-order valence-electron chi connectivity index (χ3n) is 4.84. The van der Waals surface area contributed by atoms with Gasteiger partial charge in [0.25, 0.3) is 5.56 Å². The average molecular weight is 434 g/mol. The fraction of sp³-hybridized carbons (Fsp3) is 0.217. The second-order valence-corrected chi connectivity index (χ2v) is 8.14. The Balaban J connectivity index is 1.58. The quantitative estimate of drug-likeness (QED) is 0.357. The van der Waals surface area contributed by atoms with Crippen LogP contribution in [0.2, 0.25) is 0 Å². The highest BCUT2D eigenvalue weighted by Crippen LogP contribution is 2.19. The van der Waals surface area contributed by atoms with Crippen molar-refractivity contribution in [3.8, 4) is 0 Å². The summed E-state index contributed by atoms with van der Waals surface area (Å²) in [5.74, 6) is -0.00589. The Bertz CT molecular complexity index is 1280. The first-order chi connectivity index (χ1) is 15.0. The average Bonchev–Trinajstić information content (AvgIpc) is 3.16. The lowest BCUT2D eigenvalue weighted by atomic mass is 10.1. The van der Waals surface area contributed by atoms with E-state index >= 15 is 0 Å². The minimum absolute atomic E-state index is 0.142. The summed E-state index contributed by atoms with van der Waals surface area (Å²) in [7, 11) is 1.76. The summed E-state index contributed by atoms with van der Waals surface area (Å²) in [6, 6.07) is 17.5. The molecule has 1 amide bonds. The van der Waals surface area contributed by atoms with Crippen LogP contribution in [0.4, 0.5) is 5.69 Å². The minimum Gasteiger partial charge on any atom is -0.325 e. The monoisotopic (exact) mass is 433 g/mol. The van der Waals surface area contributed by atoms with Crippen molar-refractivity contribution in [2.45, 2.75) is 25.0 Å². The Morgan fingerprint density at radius 2 is 1.87 bits per heavy atom. The zero-order valence-electron chi connectivity index (χ0n) is 17.4. The molecule has 4 aromatic rings. The van der Waals surface area contributed by atoms with Gasteiger partial charge in [0, 0.05) is 12.7 Å². The molecule has 0 saturated carbocycles. The first kappa shape index (κ1) is 20.9. The van der Waals surface area contributed by atoms with Gasteiger partial charge in [-0.05, 0) is 29.7 Å². The summed E-state index contributed by atoms with van der Waals surface area (Å²) in [6.07, 6.45) is 2.61. The van der Waals surface area contributed by atoms with Gasteiger partial charge < -0.3 is 5.32 Å². The molecule has 0 radical (unpaired) electrons. The summed E-state index contributed by atoms with van der Waals surface area (Å²) in [5, 5.41) is 7.67. The first-order valence-electron chi connectivity index (χ1n) is 10.0. The van der Waals surface area contributed by atoms with E-state index in [4.69, 9.17) is 0 Å². The molecule has 4 rings (SSSR count). The van der Waals surface area contributed by atoms with Gasteiger partial charge in [-0.15, -0.1) is 0 Å². The van der Waals surface area contributed by atoms with Crippen molar-refractivity contribution in [3.05, 3.63) is 82.3 Å². The topological polar surface area (TPSA) is 81.8 Å². The molecular weight excluding hydrogens is 410 g/mol. The smallest absolute Gasteiger partial charge is 0.282 e. The second-order valence-electron chi connectivity index (χ2n) is 7.20. The lowest BCUT2D eigenvalue weighted by Gasteiger charge is -2.12. The van der Waals surface area contributed by atoms with E-state index in [1.165, 1.54) is 11.8 Å². The molecule has 0 bridgehead atoms. The molecule has 1 N–H and O–H groups in total. The molecule has 0 aliphatic carbocycles. The predicted octanol–water partition coefficient (Wildman–Crippen LogP) is 3.47. The SMILES string of the molecule is CCc1cccc(NC(=O)CSc2nc3cn(C)nc3c(=O)n2Cc2ccccc2)c1. The van der Waals surface area contributed by atoms with E-state index in [1.807, 2.05) is 54.6 Å². The van der Waals surface area contributed by atoms with E-state index in [-0.39, 0.29) is 17.2 Å². The molecule has 2 aromatic carbocycles. The number of anilines is 1. The first-order valence-corrected chi connectivity index (χ1v) is 11.0. The number of hydrogen-bond acceptors (Lipinski definition) is 5. The van der Waals surface area contributed by atoms with E-state index in [0.717, 1.165) is 23.2 Å². The number of benzene rings is 2. The Hall–Kier alpha value is -3.39. The number of fused-ring (bicyclic) bond motifs is 1. The van der Waals surface area contributed by atoms with E-state index < -0.39 is 0 Å². The molecule has 158 valence electrons. The van der Waals surface area contributed by atoms with E-state index in [0.29, 0.717) is 22.7 Å². The predicted molar refractivity (Wildman–Crippen MR) is 123 cm³/mol. The van der Waals surface area contributed by atoms with E-state index in [2.05, 4.69) is 22.3 Å². The fourth-order valence-electron chi connectivity index (χ4n) is 3.30. The van der Waals surface area contributed by atoms with Gasteiger partial charge in [0.1, 0.15) is 5.52 Å². The maximum absolute atomic E-state index is 13.1. The molecule has 0 aliphatic heterocycles. The maximum atomic E-state index is 13.1. The van der Waals surface area contributed by atoms with Gasteiger partial charge in [-0.1, -0.05) is 61.2 Å². The Kier molecular flexibility index (Phi) is 6.18. The zero-order valence-corrected chi connectivity index (χ0v) is 18.2. The summed E-state index contributed by atoms with van der Waals surface area (Å²) in [6.45, 7) is 2.44. The molecule has 2 heterocycles. The number of aryl methyl sites for hydroxylation is 2. The molecule has 0 aliphatic rings. The van der Waals surface area contributed by atoms with E-state index in [9.17, 15) is 9.59 Å². The lowest BCUT2D eigenvalue weighted by Crippen LogP contribution is -2.25. The number of hydrogen-bond donors (Lipinski definition) is 1. The van der Waals surface area contributed by atoms with Crippen LogP contribution >= 0.6 is 11.8 Å². The highest BCUT2D eigenvalue weighted by Gasteiger charge is 2.16. The molecule has 8 heteroatoms. The molecular formula is C23H23N5O2S. The van der Waals surface area contributed by atoms with Gasteiger partial charge in [0.2, 0.25) is 5.91 Å². The van der Waals surface area contributed by atoms with Crippen LogP contribution in [0, 0.1) is 0 Å². The Morgan fingerprint density at radius 3 is 2.65 bits per heavy atom. The number of thioether (sulfide) groups is 1. The highest BCUT2D eigenvalue weighted by molar-refractivity contribution is 7.99. The number of carbonyl (C=O) groups excluding carboxylic acids is 1. The maximum Gasteiger partial charge on any atom is 0.282 e. The molecule has 0 atom stereocenters. The van der Waals surface area contributed by atoms with Crippen molar-refractivity contribution in [1.29, 1.82) is 0 Å². The molecule has 0 saturated heterocycles. The van der Waals surface area contributed by atoms with Crippen LogP contribution in [0.3, 0.4) is 0 Å². The molecule has 0 unspecified atom stereocenters. The number of nitrogens with one attached hydrogen (secondary N) is 1. The fourth-order valence-corrected chi connectivity index (χ4v) is 4.10. The van der Waals surface area contributed by atoms with Crippen LogP contribution in [0.1, 0.15) is 18.1 Å². The summed E-state index contributed by atoms with van der Waals surface area (Å²) >= 11 is 1.24. The minimum atomic E-state index is -0.215.